The molecule has 0 fully saturated rings. The molecule has 0 saturated carbocycles. The molecule has 0 bridgehead atoms. The molecule has 0 atom stereocenters. The molecule has 0 spiro atoms. The highest BCUT2D eigenvalue weighted by Gasteiger charge is 2.30. The summed E-state index contributed by atoms with van der Waals surface area (Å²) in [5.74, 6) is -0.800. The number of amides is 1. The minimum absolute atomic E-state index is 0.0452. The third-order valence-corrected chi connectivity index (χ3v) is 3.71. The second kappa shape index (κ2) is 7.13. The molecular formula is C16H13F3N6O3. The van der Waals surface area contributed by atoms with Crippen LogP contribution in [-0.2, 0) is 19.8 Å². The lowest BCUT2D eigenvalue weighted by atomic mass is 10.1. The Balaban J connectivity index is 1.73. The van der Waals surface area contributed by atoms with E-state index in [1.54, 1.807) is 0 Å². The van der Waals surface area contributed by atoms with Crippen LogP contribution in [0.25, 0.3) is 0 Å². The standard InChI is InChI=1S/C16H13F3N6O3/c1-23-9-13(25(27)28)14(22-23)15(26)21-12-6-20-24(8-12)7-10-3-2-4-11(5-10)16(17,18)19/h2-6,8-9H,7H2,1H3,(H,21,26). The summed E-state index contributed by atoms with van der Waals surface area (Å²) >= 11 is 0. The summed E-state index contributed by atoms with van der Waals surface area (Å²) in [6, 6.07) is 4.80. The lowest BCUT2D eigenvalue weighted by Crippen LogP contribution is -2.14. The molecule has 3 rings (SSSR count). The highest BCUT2D eigenvalue weighted by molar-refractivity contribution is 6.05. The van der Waals surface area contributed by atoms with Crippen LogP contribution in [0.5, 0.6) is 0 Å². The number of benzene rings is 1. The number of nitrogens with one attached hydrogen (secondary N) is 1. The molecule has 9 nitrogen and oxygen atoms in total. The molecule has 0 saturated heterocycles. The van der Waals surface area contributed by atoms with Gasteiger partial charge >= 0.3 is 11.9 Å². The van der Waals surface area contributed by atoms with Crippen LogP contribution in [0.15, 0.2) is 42.9 Å². The molecule has 1 aromatic carbocycles. The molecule has 3 aromatic rings. The minimum Gasteiger partial charge on any atom is -0.318 e. The average molecular weight is 394 g/mol. The first-order valence-corrected chi connectivity index (χ1v) is 7.81. The quantitative estimate of drug-likeness (QED) is 0.529. The van der Waals surface area contributed by atoms with Gasteiger partial charge in [-0.25, -0.2) is 0 Å². The number of rotatable bonds is 5. The molecule has 1 N–H and O–H groups in total. The zero-order valence-corrected chi connectivity index (χ0v) is 14.3. The zero-order valence-electron chi connectivity index (χ0n) is 14.3. The summed E-state index contributed by atoms with van der Waals surface area (Å²) in [6.45, 7) is 0.0452. The van der Waals surface area contributed by atoms with E-state index in [4.69, 9.17) is 0 Å². The number of hydrogen-bond donors (Lipinski definition) is 1. The van der Waals surface area contributed by atoms with Gasteiger partial charge in [-0.15, -0.1) is 0 Å². The largest absolute Gasteiger partial charge is 0.416 e. The van der Waals surface area contributed by atoms with Gasteiger partial charge in [-0.2, -0.15) is 23.4 Å². The second-order valence-electron chi connectivity index (χ2n) is 5.87. The van der Waals surface area contributed by atoms with Crippen molar-refractivity contribution < 1.29 is 22.9 Å². The van der Waals surface area contributed by atoms with Crippen LogP contribution < -0.4 is 5.32 Å². The third-order valence-electron chi connectivity index (χ3n) is 3.71. The van der Waals surface area contributed by atoms with E-state index in [0.717, 1.165) is 23.0 Å². The van der Waals surface area contributed by atoms with E-state index in [2.05, 4.69) is 15.5 Å². The van der Waals surface area contributed by atoms with E-state index >= 15 is 0 Å². The second-order valence-corrected chi connectivity index (χ2v) is 5.87. The SMILES string of the molecule is Cn1cc([N+](=O)[O-])c(C(=O)Nc2cnn(Cc3cccc(C(F)(F)F)c3)c2)n1. The monoisotopic (exact) mass is 394 g/mol. The molecule has 2 heterocycles. The molecule has 1 amide bonds. The predicted molar refractivity (Wildman–Crippen MR) is 90.6 cm³/mol. The Kier molecular flexibility index (Phi) is 4.86. The fraction of sp³-hybridized carbons (Fsp3) is 0.188. The van der Waals surface area contributed by atoms with E-state index in [1.807, 2.05) is 0 Å². The maximum Gasteiger partial charge on any atom is 0.416 e. The molecule has 12 heteroatoms. The van der Waals surface area contributed by atoms with Gasteiger partial charge in [-0.3, -0.25) is 24.3 Å². The van der Waals surface area contributed by atoms with Gasteiger partial charge in [0.05, 0.1) is 28.9 Å². The molecule has 28 heavy (non-hydrogen) atoms. The summed E-state index contributed by atoms with van der Waals surface area (Å²) in [5, 5.41) is 21.1. The van der Waals surface area contributed by atoms with E-state index < -0.39 is 28.3 Å². The molecule has 0 unspecified atom stereocenters. The molecule has 146 valence electrons. The smallest absolute Gasteiger partial charge is 0.318 e. The molecule has 2 aromatic heterocycles. The van der Waals surface area contributed by atoms with Crippen LogP contribution in [-0.4, -0.2) is 30.4 Å². The van der Waals surface area contributed by atoms with Crippen LogP contribution in [0.4, 0.5) is 24.5 Å². The number of aromatic nitrogens is 4. The maximum absolute atomic E-state index is 12.8. The lowest BCUT2D eigenvalue weighted by molar-refractivity contribution is -0.385. The number of carbonyl (C=O) groups is 1. The fourth-order valence-corrected chi connectivity index (χ4v) is 2.51. The minimum atomic E-state index is -4.45. The normalized spacial score (nSPS) is 11.4. The van der Waals surface area contributed by atoms with Crippen molar-refractivity contribution in [1.29, 1.82) is 0 Å². The van der Waals surface area contributed by atoms with Crippen LogP contribution in [0.1, 0.15) is 21.6 Å². The number of hydrogen-bond acceptors (Lipinski definition) is 5. The number of carbonyl (C=O) groups excluding carboxylic acids is 1. The first-order valence-electron chi connectivity index (χ1n) is 7.81. The van der Waals surface area contributed by atoms with Crippen molar-refractivity contribution in [2.75, 3.05) is 5.32 Å². The van der Waals surface area contributed by atoms with Crippen molar-refractivity contribution in [1.82, 2.24) is 19.6 Å². The van der Waals surface area contributed by atoms with Crippen LogP contribution in [0.2, 0.25) is 0 Å². The highest BCUT2D eigenvalue weighted by Crippen LogP contribution is 2.29. The number of halogens is 3. The molecule has 0 aliphatic carbocycles. The van der Waals surface area contributed by atoms with Crippen LogP contribution in [0, 0.1) is 10.1 Å². The Morgan fingerprint density at radius 2 is 2.07 bits per heavy atom. The lowest BCUT2D eigenvalue weighted by Gasteiger charge is -2.08. The summed E-state index contributed by atoms with van der Waals surface area (Å²) < 4.78 is 40.8. The Hall–Kier alpha value is -3.70. The van der Waals surface area contributed by atoms with E-state index in [1.165, 1.54) is 36.3 Å². The van der Waals surface area contributed by atoms with Crippen LogP contribution >= 0.6 is 0 Å². The molecule has 0 radical (unpaired) electrons. The van der Waals surface area contributed by atoms with Gasteiger partial charge in [0.25, 0.3) is 5.91 Å². The number of alkyl halides is 3. The summed E-state index contributed by atoms with van der Waals surface area (Å²) in [6.07, 6.45) is -0.671. The summed E-state index contributed by atoms with van der Waals surface area (Å²) in [4.78, 5) is 22.5. The van der Waals surface area contributed by atoms with Crippen molar-refractivity contribution in [3.63, 3.8) is 0 Å². The Morgan fingerprint density at radius 1 is 1.32 bits per heavy atom. The Morgan fingerprint density at radius 3 is 2.75 bits per heavy atom. The summed E-state index contributed by atoms with van der Waals surface area (Å²) in [5.41, 5.74) is -0.990. The van der Waals surface area contributed by atoms with Gasteiger partial charge in [-0.1, -0.05) is 12.1 Å². The number of nitrogens with zero attached hydrogens (tertiary/aromatic N) is 5. The summed E-state index contributed by atoms with van der Waals surface area (Å²) in [7, 11) is 1.44. The van der Waals surface area contributed by atoms with Gasteiger partial charge in [0.2, 0.25) is 5.69 Å². The Bertz CT molecular complexity index is 1040. The van der Waals surface area contributed by atoms with Gasteiger partial charge in [0.15, 0.2) is 0 Å². The van der Waals surface area contributed by atoms with Crippen molar-refractivity contribution in [2.45, 2.75) is 12.7 Å². The predicted octanol–water partition coefficient (Wildman–Crippen LogP) is 2.84. The molecule has 0 aliphatic heterocycles. The number of nitro groups is 1. The van der Waals surface area contributed by atoms with Gasteiger partial charge in [-0.05, 0) is 17.7 Å². The van der Waals surface area contributed by atoms with E-state index in [-0.39, 0.29) is 17.9 Å². The maximum atomic E-state index is 12.8. The first kappa shape index (κ1) is 19.1. The molecule has 0 aliphatic rings. The van der Waals surface area contributed by atoms with Crippen molar-refractivity contribution in [2.24, 2.45) is 7.05 Å². The van der Waals surface area contributed by atoms with Gasteiger partial charge in [0, 0.05) is 13.2 Å². The number of aryl methyl sites for hydroxylation is 1. The first-order chi connectivity index (χ1) is 13.1. The van der Waals surface area contributed by atoms with Gasteiger partial charge < -0.3 is 5.32 Å². The fourth-order valence-electron chi connectivity index (χ4n) is 2.51. The van der Waals surface area contributed by atoms with Crippen molar-refractivity contribution >= 4 is 17.3 Å². The van der Waals surface area contributed by atoms with E-state index in [0.29, 0.717) is 5.56 Å². The van der Waals surface area contributed by atoms with E-state index in [9.17, 15) is 28.1 Å². The number of anilines is 1. The molecular weight excluding hydrogens is 381 g/mol. The van der Waals surface area contributed by atoms with Crippen LogP contribution in [0.3, 0.4) is 0 Å². The average Bonchev–Trinajstić information content (AvgIpc) is 3.21. The van der Waals surface area contributed by atoms with Crippen molar-refractivity contribution in [3.05, 3.63) is 69.8 Å². The topological polar surface area (TPSA) is 108 Å². The third kappa shape index (κ3) is 4.16. The Labute approximate surface area is 155 Å². The zero-order chi connectivity index (χ0) is 20.5. The van der Waals surface area contributed by atoms with Crippen molar-refractivity contribution in [3.8, 4) is 0 Å². The highest BCUT2D eigenvalue weighted by atomic mass is 19.4. The van der Waals surface area contributed by atoms with Gasteiger partial charge in [0.1, 0.15) is 6.20 Å².